The van der Waals surface area contributed by atoms with E-state index < -0.39 is 17.3 Å². The minimum atomic E-state index is -0.846. The number of esters is 1. The van der Waals surface area contributed by atoms with Crippen molar-refractivity contribution in [3.63, 3.8) is 0 Å². The van der Waals surface area contributed by atoms with Crippen LogP contribution in [0.5, 0.6) is 0 Å². The molecule has 0 bridgehead atoms. The average Bonchev–Trinajstić information content (AvgIpc) is 2.69. The van der Waals surface area contributed by atoms with Gasteiger partial charge in [-0.3, -0.25) is 14.4 Å². The van der Waals surface area contributed by atoms with Gasteiger partial charge in [0.2, 0.25) is 5.91 Å². The molecule has 0 radical (unpaired) electrons. The first kappa shape index (κ1) is 23.3. The van der Waals surface area contributed by atoms with Crippen LogP contribution in [0.1, 0.15) is 52.0 Å². The minimum Gasteiger partial charge on any atom is -0.452 e. The van der Waals surface area contributed by atoms with Gasteiger partial charge in [0, 0.05) is 11.7 Å². The molecule has 160 valence electrons. The summed E-state index contributed by atoms with van der Waals surface area (Å²) in [7, 11) is 0. The zero-order valence-corrected chi connectivity index (χ0v) is 18.5. The molecule has 1 aromatic rings. The molecule has 0 saturated heterocycles. The first-order valence-corrected chi connectivity index (χ1v) is 11.3. The van der Waals surface area contributed by atoms with Gasteiger partial charge in [-0.25, -0.2) is 0 Å². The van der Waals surface area contributed by atoms with Crippen LogP contribution in [0.2, 0.25) is 0 Å². The minimum absolute atomic E-state index is 0.129. The van der Waals surface area contributed by atoms with Crippen LogP contribution in [0.15, 0.2) is 24.3 Å². The molecule has 4 atom stereocenters. The van der Waals surface area contributed by atoms with Crippen molar-refractivity contribution in [3.8, 4) is 0 Å². The van der Waals surface area contributed by atoms with Crippen LogP contribution >= 0.6 is 11.8 Å². The smallest absolute Gasteiger partial charge is 0.319 e. The SMILES string of the molecule is Cc1ccc(NC(=O)CS[C@H](C)C(=O)O[C@@H](C)C(=O)N[C@@H]2CCCC[C@@H]2C)cc1. The third-order valence-electron chi connectivity index (χ3n) is 5.23. The van der Waals surface area contributed by atoms with Crippen molar-refractivity contribution in [3.05, 3.63) is 29.8 Å². The summed E-state index contributed by atoms with van der Waals surface area (Å²) >= 11 is 1.19. The second kappa shape index (κ2) is 11.2. The zero-order valence-electron chi connectivity index (χ0n) is 17.7. The van der Waals surface area contributed by atoms with Gasteiger partial charge in [-0.1, -0.05) is 37.5 Å². The molecule has 0 heterocycles. The van der Waals surface area contributed by atoms with Crippen LogP contribution in [0.4, 0.5) is 5.69 Å². The van der Waals surface area contributed by atoms with E-state index in [1.54, 1.807) is 13.8 Å². The molecular weight excluding hydrogens is 388 g/mol. The molecule has 2 N–H and O–H groups in total. The number of benzene rings is 1. The van der Waals surface area contributed by atoms with E-state index in [-0.39, 0.29) is 23.6 Å². The maximum absolute atomic E-state index is 12.3. The summed E-state index contributed by atoms with van der Waals surface area (Å²) < 4.78 is 5.31. The molecule has 1 aliphatic carbocycles. The lowest BCUT2D eigenvalue weighted by molar-refractivity contribution is -0.154. The molecule has 1 aliphatic rings. The summed E-state index contributed by atoms with van der Waals surface area (Å²) in [6, 6.07) is 7.66. The molecule has 1 fully saturated rings. The summed E-state index contributed by atoms with van der Waals surface area (Å²) in [5.41, 5.74) is 1.84. The van der Waals surface area contributed by atoms with Gasteiger partial charge < -0.3 is 15.4 Å². The molecule has 2 amide bonds. The van der Waals surface area contributed by atoms with Crippen LogP contribution in [-0.2, 0) is 19.1 Å². The standard InChI is InChI=1S/C22H32N2O4S/c1-14-9-11-18(12-10-14)23-20(25)13-29-17(4)22(27)28-16(3)21(26)24-19-8-6-5-7-15(19)2/h9-12,15-17,19H,5-8,13H2,1-4H3,(H,23,25)(H,24,26)/t15-,16-,17+,19+/m0/s1. The van der Waals surface area contributed by atoms with Crippen molar-refractivity contribution in [1.29, 1.82) is 0 Å². The van der Waals surface area contributed by atoms with E-state index in [0.29, 0.717) is 5.92 Å². The normalized spacial score (nSPS) is 21.0. The summed E-state index contributed by atoms with van der Waals surface area (Å²) in [5.74, 6) is -0.360. The van der Waals surface area contributed by atoms with Gasteiger partial charge in [-0.15, -0.1) is 11.8 Å². The predicted molar refractivity (Wildman–Crippen MR) is 117 cm³/mol. The number of carbonyl (C=O) groups is 3. The Balaban J connectivity index is 1.72. The number of nitrogens with one attached hydrogen (secondary N) is 2. The van der Waals surface area contributed by atoms with E-state index in [1.807, 2.05) is 31.2 Å². The van der Waals surface area contributed by atoms with Crippen LogP contribution in [0.25, 0.3) is 0 Å². The Kier molecular flexibility index (Phi) is 9.01. The summed E-state index contributed by atoms with van der Waals surface area (Å²) in [6.07, 6.45) is 3.54. The lowest BCUT2D eigenvalue weighted by atomic mass is 9.86. The van der Waals surface area contributed by atoms with E-state index in [1.165, 1.54) is 18.2 Å². The van der Waals surface area contributed by atoms with Crippen molar-refractivity contribution in [2.75, 3.05) is 11.1 Å². The highest BCUT2D eigenvalue weighted by Crippen LogP contribution is 2.24. The number of rotatable bonds is 8. The highest BCUT2D eigenvalue weighted by Gasteiger charge is 2.27. The molecule has 0 unspecified atom stereocenters. The number of ether oxygens (including phenoxy) is 1. The summed E-state index contributed by atoms with van der Waals surface area (Å²) in [6.45, 7) is 7.38. The second-order valence-electron chi connectivity index (χ2n) is 7.82. The van der Waals surface area contributed by atoms with Crippen molar-refractivity contribution >= 4 is 35.2 Å². The first-order chi connectivity index (χ1) is 13.8. The Morgan fingerprint density at radius 1 is 1.14 bits per heavy atom. The van der Waals surface area contributed by atoms with Crippen molar-refractivity contribution < 1.29 is 19.1 Å². The van der Waals surface area contributed by atoms with Crippen LogP contribution in [-0.4, -0.2) is 40.9 Å². The lowest BCUT2D eigenvalue weighted by Crippen LogP contribution is -2.46. The number of aryl methyl sites for hydroxylation is 1. The van der Waals surface area contributed by atoms with Crippen LogP contribution < -0.4 is 10.6 Å². The van der Waals surface area contributed by atoms with Crippen molar-refractivity contribution in [2.45, 2.75) is 70.8 Å². The number of hydrogen-bond donors (Lipinski definition) is 2. The van der Waals surface area contributed by atoms with Gasteiger partial charge >= 0.3 is 5.97 Å². The van der Waals surface area contributed by atoms with Crippen molar-refractivity contribution in [2.24, 2.45) is 5.92 Å². The summed E-state index contributed by atoms with van der Waals surface area (Å²) in [4.78, 5) is 36.7. The third-order valence-corrected chi connectivity index (χ3v) is 6.35. The fourth-order valence-electron chi connectivity index (χ4n) is 3.26. The van der Waals surface area contributed by atoms with E-state index in [2.05, 4.69) is 17.6 Å². The number of anilines is 1. The maximum atomic E-state index is 12.3. The van der Waals surface area contributed by atoms with Crippen LogP contribution in [0.3, 0.4) is 0 Å². The monoisotopic (exact) mass is 420 g/mol. The molecule has 7 heteroatoms. The Hall–Kier alpha value is -2.02. The van der Waals surface area contributed by atoms with E-state index >= 15 is 0 Å². The Bertz CT molecular complexity index is 707. The van der Waals surface area contributed by atoms with E-state index in [9.17, 15) is 14.4 Å². The zero-order chi connectivity index (χ0) is 21.4. The molecule has 6 nitrogen and oxygen atoms in total. The molecular formula is C22H32N2O4S. The molecule has 0 spiro atoms. The second-order valence-corrected chi connectivity index (χ2v) is 9.15. The highest BCUT2D eigenvalue weighted by atomic mass is 32.2. The fourth-order valence-corrected chi connectivity index (χ4v) is 3.92. The average molecular weight is 421 g/mol. The van der Waals surface area contributed by atoms with Crippen LogP contribution in [0, 0.1) is 12.8 Å². The lowest BCUT2D eigenvalue weighted by Gasteiger charge is -2.30. The molecule has 29 heavy (non-hydrogen) atoms. The van der Waals surface area contributed by atoms with Gasteiger partial charge in [0.1, 0.15) is 5.25 Å². The fraction of sp³-hybridized carbons (Fsp3) is 0.591. The molecule has 1 aromatic carbocycles. The first-order valence-electron chi connectivity index (χ1n) is 10.2. The molecule has 0 aliphatic heterocycles. The predicted octanol–water partition coefficient (Wildman–Crippen LogP) is 3.68. The largest absolute Gasteiger partial charge is 0.452 e. The Morgan fingerprint density at radius 2 is 1.79 bits per heavy atom. The molecule has 2 rings (SSSR count). The number of carbonyl (C=O) groups excluding carboxylic acids is 3. The van der Waals surface area contributed by atoms with Gasteiger partial charge in [-0.05, 0) is 51.7 Å². The van der Waals surface area contributed by atoms with Gasteiger partial charge in [0.05, 0.1) is 5.75 Å². The van der Waals surface area contributed by atoms with Crippen molar-refractivity contribution in [1.82, 2.24) is 5.32 Å². The summed E-state index contributed by atoms with van der Waals surface area (Å²) in [5, 5.41) is 5.26. The van der Waals surface area contributed by atoms with Gasteiger partial charge in [0.15, 0.2) is 6.10 Å². The topological polar surface area (TPSA) is 84.5 Å². The number of amides is 2. The Labute approximate surface area is 177 Å². The van der Waals surface area contributed by atoms with E-state index in [0.717, 1.165) is 30.5 Å². The molecule has 0 aromatic heterocycles. The highest BCUT2D eigenvalue weighted by molar-refractivity contribution is 8.01. The van der Waals surface area contributed by atoms with Gasteiger partial charge in [-0.2, -0.15) is 0 Å². The third kappa shape index (κ3) is 7.72. The number of hydrogen-bond acceptors (Lipinski definition) is 5. The quantitative estimate of drug-likeness (QED) is 0.627. The maximum Gasteiger partial charge on any atom is 0.319 e. The van der Waals surface area contributed by atoms with E-state index in [4.69, 9.17) is 4.74 Å². The Morgan fingerprint density at radius 3 is 2.45 bits per heavy atom. The number of thioether (sulfide) groups is 1. The van der Waals surface area contributed by atoms with Gasteiger partial charge in [0.25, 0.3) is 5.91 Å². The molecule has 1 saturated carbocycles.